The standard InChI is InChI=1S/C16H25NO2S/c1-16(2,14-8-9-14)10-11-17-15-7-5-4-6-13(15)12-20(3,18)19/h4-7,14,17H,8-12H2,1-3H3. The van der Waals surface area contributed by atoms with Gasteiger partial charge in [0.05, 0.1) is 5.75 Å². The zero-order chi connectivity index (χ0) is 14.8. The molecule has 0 spiro atoms. The Balaban J connectivity index is 1.95. The number of nitrogens with one attached hydrogen (secondary N) is 1. The van der Waals surface area contributed by atoms with E-state index in [-0.39, 0.29) is 5.75 Å². The third-order valence-corrected chi connectivity index (χ3v) is 5.04. The van der Waals surface area contributed by atoms with Gasteiger partial charge in [0.1, 0.15) is 0 Å². The van der Waals surface area contributed by atoms with Crippen molar-refractivity contribution in [1.82, 2.24) is 0 Å². The van der Waals surface area contributed by atoms with Gasteiger partial charge in [0, 0.05) is 18.5 Å². The average Bonchev–Trinajstić information content (AvgIpc) is 3.13. The van der Waals surface area contributed by atoms with Crippen LogP contribution in [0.25, 0.3) is 0 Å². The quantitative estimate of drug-likeness (QED) is 0.838. The Morgan fingerprint density at radius 2 is 1.90 bits per heavy atom. The summed E-state index contributed by atoms with van der Waals surface area (Å²) in [7, 11) is -3.00. The monoisotopic (exact) mass is 295 g/mol. The zero-order valence-corrected chi connectivity index (χ0v) is 13.5. The molecule has 1 saturated carbocycles. The van der Waals surface area contributed by atoms with E-state index in [0.29, 0.717) is 5.41 Å². The van der Waals surface area contributed by atoms with E-state index in [9.17, 15) is 8.42 Å². The lowest BCUT2D eigenvalue weighted by molar-refractivity contribution is 0.292. The molecule has 0 amide bonds. The van der Waals surface area contributed by atoms with Gasteiger partial charge in [0.2, 0.25) is 0 Å². The smallest absolute Gasteiger partial charge is 0.151 e. The minimum atomic E-state index is -3.00. The second-order valence-corrected chi connectivity index (χ2v) is 8.81. The number of hydrogen-bond donors (Lipinski definition) is 1. The van der Waals surface area contributed by atoms with Crippen molar-refractivity contribution in [2.45, 2.75) is 38.9 Å². The molecule has 0 saturated heterocycles. The van der Waals surface area contributed by atoms with Crippen molar-refractivity contribution in [3.63, 3.8) is 0 Å². The van der Waals surface area contributed by atoms with Crippen LogP contribution >= 0.6 is 0 Å². The average molecular weight is 295 g/mol. The molecule has 0 aliphatic heterocycles. The molecular formula is C16H25NO2S. The lowest BCUT2D eigenvalue weighted by Gasteiger charge is -2.25. The fourth-order valence-corrected chi connectivity index (χ4v) is 3.51. The lowest BCUT2D eigenvalue weighted by atomic mass is 9.84. The summed E-state index contributed by atoms with van der Waals surface area (Å²) in [4.78, 5) is 0. The minimum absolute atomic E-state index is 0.0994. The van der Waals surface area contributed by atoms with Crippen LogP contribution in [0.2, 0.25) is 0 Å². The van der Waals surface area contributed by atoms with Crippen LogP contribution in [0.15, 0.2) is 24.3 Å². The Hall–Kier alpha value is -1.03. The van der Waals surface area contributed by atoms with Crippen molar-refractivity contribution < 1.29 is 8.42 Å². The highest BCUT2D eigenvalue weighted by molar-refractivity contribution is 7.89. The first-order valence-corrected chi connectivity index (χ1v) is 9.33. The summed E-state index contributed by atoms with van der Waals surface area (Å²) >= 11 is 0. The second-order valence-electron chi connectivity index (χ2n) is 6.67. The topological polar surface area (TPSA) is 46.2 Å². The van der Waals surface area contributed by atoms with E-state index in [0.717, 1.165) is 30.1 Å². The number of para-hydroxylation sites is 1. The van der Waals surface area contributed by atoms with E-state index in [1.807, 2.05) is 24.3 Å². The van der Waals surface area contributed by atoms with Gasteiger partial charge in [0.25, 0.3) is 0 Å². The first-order chi connectivity index (χ1) is 9.28. The molecule has 1 aromatic rings. The van der Waals surface area contributed by atoms with Crippen LogP contribution in [-0.2, 0) is 15.6 Å². The SMILES string of the molecule is CC(C)(CCNc1ccccc1CS(C)(=O)=O)C1CC1. The number of sulfone groups is 1. The summed E-state index contributed by atoms with van der Waals surface area (Å²) in [6.45, 7) is 5.55. The van der Waals surface area contributed by atoms with Crippen molar-refractivity contribution >= 4 is 15.5 Å². The molecule has 0 aromatic heterocycles. The Bertz CT molecular complexity index is 560. The van der Waals surface area contributed by atoms with Crippen molar-refractivity contribution in [1.29, 1.82) is 0 Å². The molecule has 0 unspecified atom stereocenters. The lowest BCUT2D eigenvalue weighted by Crippen LogP contribution is -2.19. The summed E-state index contributed by atoms with van der Waals surface area (Å²) in [6, 6.07) is 7.68. The third-order valence-electron chi connectivity index (χ3n) is 4.20. The van der Waals surface area contributed by atoms with Gasteiger partial charge >= 0.3 is 0 Å². The predicted octanol–water partition coefficient (Wildman–Crippen LogP) is 3.47. The van der Waals surface area contributed by atoms with E-state index in [4.69, 9.17) is 0 Å². The van der Waals surface area contributed by atoms with Crippen molar-refractivity contribution in [2.75, 3.05) is 18.1 Å². The maximum atomic E-state index is 11.5. The molecule has 0 heterocycles. The molecule has 1 aliphatic carbocycles. The molecule has 3 nitrogen and oxygen atoms in total. The number of anilines is 1. The Kier molecular flexibility index (Phi) is 4.43. The number of benzene rings is 1. The predicted molar refractivity (Wildman–Crippen MR) is 84.6 cm³/mol. The van der Waals surface area contributed by atoms with Crippen LogP contribution in [0, 0.1) is 11.3 Å². The van der Waals surface area contributed by atoms with E-state index < -0.39 is 9.84 Å². The van der Waals surface area contributed by atoms with Crippen LogP contribution in [0.3, 0.4) is 0 Å². The molecule has 1 fully saturated rings. The molecule has 0 bridgehead atoms. The number of hydrogen-bond acceptors (Lipinski definition) is 3. The molecule has 20 heavy (non-hydrogen) atoms. The zero-order valence-electron chi connectivity index (χ0n) is 12.6. The highest BCUT2D eigenvalue weighted by atomic mass is 32.2. The van der Waals surface area contributed by atoms with E-state index in [1.165, 1.54) is 19.1 Å². The first-order valence-electron chi connectivity index (χ1n) is 7.27. The summed E-state index contributed by atoms with van der Waals surface area (Å²) in [5.41, 5.74) is 2.20. The summed E-state index contributed by atoms with van der Waals surface area (Å²) in [5.74, 6) is 0.970. The highest BCUT2D eigenvalue weighted by Crippen LogP contribution is 2.47. The number of rotatable bonds is 7. The molecule has 1 aromatic carbocycles. The molecule has 0 atom stereocenters. The van der Waals surface area contributed by atoms with Gasteiger partial charge in [-0.05, 0) is 42.2 Å². The van der Waals surface area contributed by atoms with Crippen LogP contribution in [-0.4, -0.2) is 21.2 Å². The van der Waals surface area contributed by atoms with Gasteiger partial charge in [-0.2, -0.15) is 0 Å². The van der Waals surface area contributed by atoms with Crippen LogP contribution in [0.5, 0.6) is 0 Å². The van der Waals surface area contributed by atoms with E-state index in [2.05, 4.69) is 19.2 Å². The molecule has 4 heteroatoms. The summed E-state index contributed by atoms with van der Waals surface area (Å²) in [5, 5.41) is 3.41. The molecule has 0 radical (unpaired) electrons. The van der Waals surface area contributed by atoms with Gasteiger partial charge in [-0.1, -0.05) is 32.0 Å². The van der Waals surface area contributed by atoms with Crippen molar-refractivity contribution in [2.24, 2.45) is 11.3 Å². The van der Waals surface area contributed by atoms with Gasteiger partial charge in [-0.3, -0.25) is 0 Å². The second kappa shape index (κ2) is 5.76. The highest BCUT2D eigenvalue weighted by Gasteiger charge is 2.36. The first kappa shape index (κ1) is 15.4. The fourth-order valence-electron chi connectivity index (χ4n) is 2.69. The third kappa shape index (κ3) is 4.51. The van der Waals surface area contributed by atoms with E-state index >= 15 is 0 Å². The maximum Gasteiger partial charge on any atom is 0.151 e. The fraction of sp³-hybridized carbons (Fsp3) is 0.625. The van der Waals surface area contributed by atoms with Gasteiger partial charge in [-0.25, -0.2) is 8.42 Å². The molecule has 112 valence electrons. The molecular weight excluding hydrogens is 270 g/mol. The summed E-state index contributed by atoms with van der Waals surface area (Å²) in [6.07, 6.45) is 5.11. The van der Waals surface area contributed by atoms with Crippen molar-refractivity contribution in [3.05, 3.63) is 29.8 Å². The Morgan fingerprint density at radius 3 is 2.50 bits per heavy atom. The Labute approximate surface area is 122 Å². The Morgan fingerprint density at radius 1 is 1.25 bits per heavy atom. The van der Waals surface area contributed by atoms with Gasteiger partial charge in [-0.15, -0.1) is 0 Å². The maximum absolute atomic E-state index is 11.5. The molecule has 1 N–H and O–H groups in total. The molecule has 2 rings (SSSR count). The normalized spacial score (nSPS) is 16.1. The van der Waals surface area contributed by atoms with Crippen LogP contribution in [0.4, 0.5) is 5.69 Å². The van der Waals surface area contributed by atoms with Crippen LogP contribution < -0.4 is 5.32 Å². The summed E-state index contributed by atoms with van der Waals surface area (Å²) < 4.78 is 22.9. The minimum Gasteiger partial charge on any atom is -0.385 e. The van der Waals surface area contributed by atoms with E-state index in [1.54, 1.807) is 0 Å². The van der Waals surface area contributed by atoms with Gasteiger partial charge < -0.3 is 5.32 Å². The largest absolute Gasteiger partial charge is 0.385 e. The molecule has 1 aliphatic rings. The van der Waals surface area contributed by atoms with Crippen molar-refractivity contribution in [3.8, 4) is 0 Å². The van der Waals surface area contributed by atoms with Crippen LogP contribution in [0.1, 0.15) is 38.7 Å². The van der Waals surface area contributed by atoms with Gasteiger partial charge in [0.15, 0.2) is 9.84 Å².